The first kappa shape index (κ1) is 15.9. The van der Waals surface area contributed by atoms with Crippen LogP contribution < -0.4 is 0 Å². The molecule has 0 aliphatic rings. The van der Waals surface area contributed by atoms with Gasteiger partial charge in [0.2, 0.25) is 10.0 Å². The molecule has 0 atom stereocenters. The Morgan fingerprint density at radius 1 is 1.10 bits per heavy atom. The van der Waals surface area contributed by atoms with Crippen molar-refractivity contribution in [2.75, 3.05) is 7.05 Å². The molecule has 0 N–H and O–H groups in total. The second-order valence-corrected chi connectivity index (χ2v) is 6.98. The van der Waals surface area contributed by atoms with E-state index in [9.17, 15) is 17.2 Å². The van der Waals surface area contributed by atoms with Crippen LogP contribution in [-0.2, 0) is 16.6 Å². The van der Waals surface area contributed by atoms with Crippen molar-refractivity contribution in [3.05, 3.63) is 64.7 Å². The fraction of sp³-hybridized carbons (Fsp3) is 0.143. The van der Waals surface area contributed by atoms with E-state index in [-0.39, 0.29) is 6.54 Å². The number of hydrogen-bond donors (Lipinski definition) is 0. The van der Waals surface area contributed by atoms with Crippen molar-refractivity contribution in [3.63, 3.8) is 0 Å². The van der Waals surface area contributed by atoms with Crippen LogP contribution in [0.5, 0.6) is 0 Å². The quantitative estimate of drug-likeness (QED) is 0.860. The third-order valence-corrected chi connectivity index (χ3v) is 4.85. The van der Waals surface area contributed by atoms with E-state index < -0.39 is 26.6 Å². The molecule has 0 heterocycles. The van der Waals surface area contributed by atoms with E-state index in [0.29, 0.717) is 16.7 Å². The van der Waals surface area contributed by atoms with E-state index in [2.05, 4.69) is 0 Å². The maximum atomic E-state index is 13.2. The van der Waals surface area contributed by atoms with Crippen molar-refractivity contribution in [1.29, 1.82) is 0 Å². The van der Waals surface area contributed by atoms with Crippen LogP contribution in [0.1, 0.15) is 5.56 Å². The van der Waals surface area contributed by atoms with Gasteiger partial charge in [-0.25, -0.2) is 17.2 Å². The summed E-state index contributed by atoms with van der Waals surface area (Å²) in [6, 6.07) is 8.89. The average molecular weight is 332 g/mol. The fourth-order valence-electron chi connectivity index (χ4n) is 1.83. The van der Waals surface area contributed by atoms with Gasteiger partial charge in [-0.3, -0.25) is 0 Å². The lowest BCUT2D eigenvalue weighted by molar-refractivity contribution is 0.464. The molecule has 0 bridgehead atoms. The van der Waals surface area contributed by atoms with Crippen LogP contribution in [0.15, 0.2) is 47.4 Å². The Balaban J connectivity index is 2.30. The maximum absolute atomic E-state index is 13.2. The lowest BCUT2D eigenvalue weighted by Crippen LogP contribution is -2.26. The van der Waals surface area contributed by atoms with Crippen LogP contribution in [0, 0.1) is 11.6 Å². The number of halogens is 3. The van der Waals surface area contributed by atoms with Gasteiger partial charge in [-0.05, 0) is 29.8 Å². The van der Waals surface area contributed by atoms with Gasteiger partial charge < -0.3 is 0 Å². The summed E-state index contributed by atoms with van der Waals surface area (Å²) in [6.07, 6.45) is 0. The summed E-state index contributed by atoms with van der Waals surface area (Å²) in [7, 11) is -2.65. The smallest absolute Gasteiger partial charge is 0.207 e. The molecular formula is C14H12ClF2NO2S. The van der Waals surface area contributed by atoms with Gasteiger partial charge in [0.15, 0.2) is 0 Å². The van der Waals surface area contributed by atoms with E-state index in [1.54, 1.807) is 24.3 Å². The van der Waals surface area contributed by atoms with Gasteiger partial charge in [0.05, 0.1) is 4.90 Å². The molecule has 0 aliphatic heterocycles. The summed E-state index contributed by atoms with van der Waals surface area (Å²) in [4.78, 5) is -0.426. The zero-order chi connectivity index (χ0) is 15.6. The molecule has 2 aromatic carbocycles. The molecule has 2 rings (SSSR count). The molecule has 0 aromatic heterocycles. The Labute approximate surface area is 126 Å². The monoisotopic (exact) mass is 331 g/mol. The average Bonchev–Trinajstić information content (AvgIpc) is 2.37. The summed E-state index contributed by atoms with van der Waals surface area (Å²) in [6.45, 7) is 0.0427. The van der Waals surface area contributed by atoms with Crippen LogP contribution in [0.25, 0.3) is 0 Å². The highest BCUT2D eigenvalue weighted by Gasteiger charge is 2.22. The summed E-state index contributed by atoms with van der Waals surface area (Å²) < 4.78 is 51.9. The normalized spacial score (nSPS) is 11.9. The van der Waals surface area contributed by atoms with Crippen LogP contribution in [0.4, 0.5) is 8.78 Å². The first-order chi connectivity index (χ1) is 9.79. The topological polar surface area (TPSA) is 37.4 Å². The maximum Gasteiger partial charge on any atom is 0.243 e. The first-order valence-electron chi connectivity index (χ1n) is 5.96. The van der Waals surface area contributed by atoms with Crippen LogP contribution in [0.2, 0.25) is 5.02 Å². The lowest BCUT2D eigenvalue weighted by atomic mass is 10.2. The van der Waals surface area contributed by atoms with Crippen molar-refractivity contribution in [3.8, 4) is 0 Å². The highest BCUT2D eigenvalue weighted by molar-refractivity contribution is 7.89. The largest absolute Gasteiger partial charge is 0.243 e. The third kappa shape index (κ3) is 3.78. The Kier molecular flexibility index (Phi) is 4.61. The van der Waals surface area contributed by atoms with E-state index in [1.165, 1.54) is 7.05 Å². The van der Waals surface area contributed by atoms with Gasteiger partial charge in [-0.15, -0.1) is 0 Å². The Bertz CT molecular complexity index is 745. The number of sulfonamides is 1. The molecule has 0 saturated carbocycles. The molecule has 0 saturated heterocycles. The van der Waals surface area contributed by atoms with Gasteiger partial charge in [-0.2, -0.15) is 4.31 Å². The SMILES string of the molecule is CN(Cc1cccc(Cl)c1)S(=O)(=O)c1cc(F)cc(F)c1. The van der Waals surface area contributed by atoms with Crippen LogP contribution >= 0.6 is 11.6 Å². The highest BCUT2D eigenvalue weighted by Crippen LogP contribution is 2.20. The Hall–Kier alpha value is -1.50. The van der Waals surface area contributed by atoms with E-state index in [4.69, 9.17) is 11.6 Å². The van der Waals surface area contributed by atoms with Crippen molar-refractivity contribution >= 4 is 21.6 Å². The number of benzene rings is 2. The second kappa shape index (κ2) is 6.09. The minimum atomic E-state index is -3.98. The zero-order valence-corrected chi connectivity index (χ0v) is 12.6. The number of hydrogen-bond acceptors (Lipinski definition) is 2. The molecule has 0 fully saturated rings. The molecule has 112 valence electrons. The molecule has 0 unspecified atom stereocenters. The van der Waals surface area contributed by atoms with Gasteiger partial charge >= 0.3 is 0 Å². The van der Waals surface area contributed by atoms with Crippen molar-refractivity contribution in [1.82, 2.24) is 4.31 Å². The van der Waals surface area contributed by atoms with E-state index in [1.807, 2.05) is 0 Å². The molecule has 3 nitrogen and oxygen atoms in total. The fourth-order valence-corrected chi connectivity index (χ4v) is 3.25. The van der Waals surface area contributed by atoms with Crippen molar-refractivity contribution in [2.45, 2.75) is 11.4 Å². The van der Waals surface area contributed by atoms with Gasteiger partial charge in [0, 0.05) is 24.7 Å². The van der Waals surface area contributed by atoms with Crippen molar-refractivity contribution in [2.24, 2.45) is 0 Å². The summed E-state index contributed by atoms with van der Waals surface area (Å²) >= 11 is 5.83. The van der Waals surface area contributed by atoms with Crippen LogP contribution in [-0.4, -0.2) is 19.8 Å². The minimum Gasteiger partial charge on any atom is -0.207 e. The Morgan fingerprint density at radius 3 is 2.29 bits per heavy atom. The predicted octanol–water partition coefficient (Wildman–Crippen LogP) is 3.44. The molecular weight excluding hydrogens is 320 g/mol. The predicted molar refractivity (Wildman–Crippen MR) is 76.5 cm³/mol. The molecule has 0 amide bonds. The standard InChI is InChI=1S/C14H12ClF2NO2S/c1-18(9-10-3-2-4-11(15)5-10)21(19,20)14-7-12(16)6-13(17)8-14/h2-8H,9H2,1H3. The number of rotatable bonds is 4. The summed E-state index contributed by atoms with van der Waals surface area (Å²) in [5.74, 6) is -1.88. The van der Waals surface area contributed by atoms with Gasteiger partial charge in [-0.1, -0.05) is 23.7 Å². The second-order valence-electron chi connectivity index (χ2n) is 4.50. The number of nitrogens with zero attached hydrogens (tertiary/aromatic N) is 1. The molecule has 0 aliphatic carbocycles. The lowest BCUT2D eigenvalue weighted by Gasteiger charge is -2.17. The first-order valence-corrected chi connectivity index (χ1v) is 7.78. The molecule has 7 heteroatoms. The highest BCUT2D eigenvalue weighted by atomic mass is 35.5. The van der Waals surface area contributed by atoms with E-state index >= 15 is 0 Å². The van der Waals surface area contributed by atoms with Crippen LogP contribution in [0.3, 0.4) is 0 Å². The van der Waals surface area contributed by atoms with Gasteiger partial charge in [0.1, 0.15) is 11.6 Å². The molecule has 21 heavy (non-hydrogen) atoms. The summed E-state index contributed by atoms with van der Waals surface area (Å²) in [5.41, 5.74) is 0.672. The minimum absolute atomic E-state index is 0.0427. The molecule has 0 radical (unpaired) electrons. The zero-order valence-electron chi connectivity index (χ0n) is 11.1. The Morgan fingerprint density at radius 2 is 1.71 bits per heavy atom. The van der Waals surface area contributed by atoms with Gasteiger partial charge in [0.25, 0.3) is 0 Å². The van der Waals surface area contributed by atoms with E-state index in [0.717, 1.165) is 16.4 Å². The molecule has 0 spiro atoms. The molecule has 2 aromatic rings. The summed E-state index contributed by atoms with van der Waals surface area (Å²) in [5, 5.41) is 0.482. The van der Waals surface area contributed by atoms with Crippen molar-refractivity contribution < 1.29 is 17.2 Å². The third-order valence-electron chi connectivity index (χ3n) is 2.84.